The molecule has 4 nitrogen and oxygen atoms in total. The molecule has 21 heavy (non-hydrogen) atoms. The molecule has 0 saturated heterocycles. The standard InChI is InChI=1S/C16H22BrNO3/c1-4-10-16(2,15(20)21-3)18-14(19)9-8-12-6-5-7-13(17)11-12/h5-7,11H,4,8-10H2,1-3H3,(H,18,19). The monoisotopic (exact) mass is 355 g/mol. The van der Waals surface area contributed by atoms with E-state index in [0.29, 0.717) is 19.3 Å². The van der Waals surface area contributed by atoms with Gasteiger partial charge in [-0.3, -0.25) is 4.79 Å². The molecule has 1 rings (SSSR count). The van der Waals surface area contributed by atoms with E-state index < -0.39 is 11.5 Å². The van der Waals surface area contributed by atoms with Crippen molar-refractivity contribution in [3.63, 3.8) is 0 Å². The number of hydrogen-bond donors (Lipinski definition) is 1. The van der Waals surface area contributed by atoms with Gasteiger partial charge in [0.25, 0.3) is 0 Å². The van der Waals surface area contributed by atoms with Gasteiger partial charge in [0.2, 0.25) is 5.91 Å². The number of nitrogens with one attached hydrogen (secondary N) is 1. The number of benzene rings is 1. The first-order chi connectivity index (χ1) is 9.91. The molecule has 0 spiro atoms. The quantitative estimate of drug-likeness (QED) is 0.764. The van der Waals surface area contributed by atoms with Gasteiger partial charge < -0.3 is 10.1 Å². The third kappa shape index (κ3) is 5.50. The highest BCUT2D eigenvalue weighted by Crippen LogP contribution is 2.16. The Labute approximate surface area is 134 Å². The first kappa shape index (κ1) is 17.7. The van der Waals surface area contributed by atoms with Crippen molar-refractivity contribution in [3.05, 3.63) is 34.3 Å². The van der Waals surface area contributed by atoms with Crippen molar-refractivity contribution >= 4 is 27.8 Å². The molecule has 0 aliphatic heterocycles. The fourth-order valence-corrected chi connectivity index (χ4v) is 2.71. The molecule has 0 aromatic heterocycles. The summed E-state index contributed by atoms with van der Waals surface area (Å²) in [6, 6.07) is 7.84. The molecule has 1 aromatic rings. The molecule has 5 heteroatoms. The first-order valence-electron chi connectivity index (χ1n) is 7.05. The molecule has 1 aromatic carbocycles. The molecule has 116 valence electrons. The molecule has 0 bridgehead atoms. The van der Waals surface area contributed by atoms with Crippen LogP contribution in [0.25, 0.3) is 0 Å². The van der Waals surface area contributed by atoms with Crippen LogP contribution in [0.4, 0.5) is 0 Å². The Morgan fingerprint density at radius 3 is 2.67 bits per heavy atom. The van der Waals surface area contributed by atoms with Crippen LogP contribution in [0.5, 0.6) is 0 Å². The second-order valence-corrected chi connectivity index (χ2v) is 6.17. The zero-order chi connectivity index (χ0) is 15.9. The van der Waals surface area contributed by atoms with Gasteiger partial charge in [-0.2, -0.15) is 0 Å². The van der Waals surface area contributed by atoms with Gasteiger partial charge in [0.15, 0.2) is 0 Å². The Kier molecular flexibility index (Phi) is 6.89. The van der Waals surface area contributed by atoms with Gasteiger partial charge in [-0.15, -0.1) is 0 Å². The van der Waals surface area contributed by atoms with E-state index in [0.717, 1.165) is 16.5 Å². The zero-order valence-electron chi connectivity index (χ0n) is 12.7. The van der Waals surface area contributed by atoms with Crippen LogP contribution in [-0.4, -0.2) is 24.5 Å². The second kappa shape index (κ2) is 8.17. The number of carbonyl (C=O) groups excluding carboxylic acids is 2. The number of carbonyl (C=O) groups is 2. The van der Waals surface area contributed by atoms with E-state index in [1.165, 1.54) is 7.11 Å². The van der Waals surface area contributed by atoms with E-state index in [9.17, 15) is 9.59 Å². The Hall–Kier alpha value is -1.36. The summed E-state index contributed by atoms with van der Waals surface area (Å²) >= 11 is 3.41. The maximum Gasteiger partial charge on any atom is 0.331 e. The SMILES string of the molecule is CCCC(C)(NC(=O)CCc1cccc(Br)c1)C(=O)OC. The van der Waals surface area contributed by atoms with Crippen LogP contribution in [-0.2, 0) is 20.7 Å². The zero-order valence-corrected chi connectivity index (χ0v) is 14.3. The molecule has 0 fully saturated rings. The van der Waals surface area contributed by atoms with Crippen molar-refractivity contribution in [2.45, 2.75) is 45.1 Å². The van der Waals surface area contributed by atoms with Crippen molar-refractivity contribution in [2.75, 3.05) is 7.11 Å². The van der Waals surface area contributed by atoms with Crippen LogP contribution >= 0.6 is 15.9 Å². The number of hydrogen-bond acceptors (Lipinski definition) is 3. The van der Waals surface area contributed by atoms with E-state index in [4.69, 9.17) is 4.74 Å². The van der Waals surface area contributed by atoms with Crippen molar-refractivity contribution in [1.29, 1.82) is 0 Å². The van der Waals surface area contributed by atoms with Crippen LogP contribution < -0.4 is 5.32 Å². The number of ether oxygens (including phenoxy) is 1. The number of esters is 1. The minimum atomic E-state index is -0.947. The van der Waals surface area contributed by atoms with Crippen LogP contribution in [0, 0.1) is 0 Å². The van der Waals surface area contributed by atoms with Crippen molar-refractivity contribution in [1.82, 2.24) is 5.32 Å². The maximum atomic E-state index is 12.1. The van der Waals surface area contributed by atoms with E-state index >= 15 is 0 Å². The van der Waals surface area contributed by atoms with Crippen LogP contribution in [0.3, 0.4) is 0 Å². The number of halogens is 1. The van der Waals surface area contributed by atoms with E-state index in [1.54, 1.807) is 6.92 Å². The molecule has 0 saturated carbocycles. The van der Waals surface area contributed by atoms with Crippen molar-refractivity contribution in [2.24, 2.45) is 0 Å². The third-order valence-electron chi connectivity index (χ3n) is 3.33. The fourth-order valence-electron chi connectivity index (χ4n) is 2.26. The highest BCUT2D eigenvalue weighted by Gasteiger charge is 2.34. The molecule has 0 aliphatic carbocycles. The number of amides is 1. The summed E-state index contributed by atoms with van der Waals surface area (Å²) in [7, 11) is 1.34. The Balaban J connectivity index is 2.60. The molecule has 1 amide bonds. The van der Waals surface area contributed by atoms with Gasteiger partial charge in [0, 0.05) is 10.9 Å². The summed E-state index contributed by atoms with van der Waals surface area (Å²) in [6.45, 7) is 3.67. The van der Waals surface area contributed by atoms with Crippen LogP contribution in [0.1, 0.15) is 38.7 Å². The van der Waals surface area contributed by atoms with Crippen LogP contribution in [0.2, 0.25) is 0 Å². The Bertz CT molecular complexity index is 504. The molecule has 0 heterocycles. The highest BCUT2D eigenvalue weighted by molar-refractivity contribution is 9.10. The largest absolute Gasteiger partial charge is 0.467 e. The molecule has 1 N–H and O–H groups in total. The van der Waals surface area contributed by atoms with E-state index in [1.807, 2.05) is 31.2 Å². The molecule has 0 aliphatic rings. The summed E-state index contributed by atoms with van der Waals surface area (Å²) in [4.78, 5) is 23.9. The van der Waals surface area contributed by atoms with Gasteiger partial charge in [-0.25, -0.2) is 4.79 Å². The fraction of sp³-hybridized carbons (Fsp3) is 0.500. The molecule has 0 radical (unpaired) electrons. The lowest BCUT2D eigenvalue weighted by Crippen LogP contribution is -2.52. The van der Waals surface area contributed by atoms with Crippen molar-refractivity contribution in [3.8, 4) is 0 Å². The first-order valence-corrected chi connectivity index (χ1v) is 7.84. The second-order valence-electron chi connectivity index (χ2n) is 5.25. The average molecular weight is 356 g/mol. The van der Waals surface area contributed by atoms with Gasteiger partial charge in [0.05, 0.1) is 7.11 Å². The van der Waals surface area contributed by atoms with E-state index in [2.05, 4.69) is 21.2 Å². The normalized spacial score (nSPS) is 13.3. The maximum absolute atomic E-state index is 12.1. The van der Waals surface area contributed by atoms with Gasteiger partial charge in [-0.05, 0) is 37.5 Å². The highest BCUT2D eigenvalue weighted by atomic mass is 79.9. The molecular weight excluding hydrogens is 334 g/mol. The average Bonchev–Trinajstić information content (AvgIpc) is 2.44. The minimum Gasteiger partial charge on any atom is -0.467 e. The Morgan fingerprint density at radius 2 is 2.10 bits per heavy atom. The molecule has 1 unspecified atom stereocenters. The van der Waals surface area contributed by atoms with Gasteiger partial charge >= 0.3 is 5.97 Å². The summed E-state index contributed by atoms with van der Waals surface area (Å²) in [5, 5.41) is 2.80. The lowest BCUT2D eigenvalue weighted by molar-refractivity contribution is -0.150. The smallest absolute Gasteiger partial charge is 0.331 e. The predicted molar refractivity (Wildman–Crippen MR) is 85.9 cm³/mol. The number of aryl methyl sites for hydroxylation is 1. The molecule has 1 atom stereocenters. The predicted octanol–water partition coefficient (Wildman–Crippen LogP) is 3.23. The summed E-state index contributed by atoms with van der Waals surface area (Å²) < 4.78 is 5.78. The van der Waals surface area contributed by atoms with Crippen LogP contribution in [0.15, 0.2) is 28.7 Å². The van der Waals surface area contributed by atoms with Gasteiger partial charge in [-0.1, -0.05) is 41.4 Å². The summed E-state index contributed by atoms with van der Waals surface area (Å²) in [6.07, 6.45) is 2.32. The Morgan fingerprint density at radius 1 is 1.38 bits per heavy atom. The van der Waals surface area contributed by atoms with Crippen molar-refractivity contribution < 1.29 is 14.3 Å². The van der Waals surface area contributed by atoms with E-state index in [-0.39, 0.29) is 5.91 Å². The lowest BCUT2D eigenvalue weighted by atomic mass is 9.95. The third-order valence-corrected chi connectivity index (χ3v) is 3.82. The summed E-state index contributed by atoms with van der Waals surface area (Å²) in [5.74, 6) is -0.545. The van der Waals surface area contributed by atoms with Gasteiger partial charge in [0.1, 0.15) is 5.54 Å². The minimum absolute atomic E-state index is 0.142. The number of methoxy groups -OCH3 is 1. The molecular formula is C16H22BrNO3. The lowest BCUT2D eigenvalue weighted by Gasteiger charge is -2.27. The number of rotatable bonds is 7. The topological polar surface area (TPSA) is 55.4 Å². The summed E-state index contributed by atoms with van der Waals surface area (Å²) in [5.41, 5.74) is 0.132.